The Balaban J connectivity index is 2.36. The second kappa shape index (κ2) is 5.23. The van der Waals surface area contributed by atoms with Gasteiger partial charge in [-0.1, -0.05) is 12.1 Å². The molecule has 1 unspecified atom stereocenters. The first-order chi connectivity index (χ1) is 8.59. The van der Waals surface area contributed by atoms with Crippen molar-refractivity contribution < 1.29 is 5.11 Å². The van der Waals surface area contributed by atoms with Gasteiger partial charge in [-0.25, -0.2) is 0 Å². The third-order valence-corrected chi connectivity index (χ3v) is 3.07. The lowest BCUT2D eigenvalue weighted by molar-refractivity contribution is 0.187. The number of para-hydroxylation sites is 1. The van der Waals surface area contributed by atoms with Crippen molar-refractivity contribution >= 4 is 22.3 Å². The van der Waals surface area contributed by atoms with Gasteiger partial charge in [0, 0.05) is 30.9 Å². The standard InChI is InChI=1S/C14H19N3O/c1-10(18)7-9-17(2)13-6-8-16-14-11(13)4-3-5-12(14)15/h3-6,8,10,18H,7,9,15H2,1-2H3. The molecule has 0 saturated heterocycles. The molecule has 2 rings (SSSR count). The van der Waals surface area contributed by atoms with Gasteiger partial charge in [-0.05, 0) is 25.5 Å². The van der Waals surface area contributed by atoms with E-state index < -0.39 is 0 Å². The van der Waals surface area contributed by atoms with E-state index in [1.807, 2.05) is 31.3 Å². The SMILES string of the molecule is CC(O)CCN(C)c1ccnc2c(N)cccc12. The number of hydrogen-bond acceptors (Lipinski definition) is 4. The maximum Gasteiger partial charge on any atom is 0.0951 e. The average Bonchev–Trinajstić information content (AvgIpc) is 2.36. The third-order valence-electron chi connectivity index (χ3n) is 3.07. The van der Waals surface area contributed by atoms with E-state index in [1.54, 1.807) is 13.1 Å². The summed E-state index contributed by atoms with van der Waals surface area (Å²) in [6.45, 7) is 2.60. The fraction of sp³-hybridized carbons (Fsp3) is 0.357. The van der Waals surface area contributed by atoms with Gasteiger partial charge in [-0.2, -0.15) is 0 Å². The van der Waals surface area contributed by atoms with Crippen LogP contribution in [0.4, 0.5) is 11.4 Å². The van der Waals surface area contributed by atoms with Gasteiger partial charge in [-0.15, -0.1) is 0 Å². The Hall–Kier alpha value is -1.81. The molecule has 0 saturated carbocycles. The Morgan fingerprint density at radius 1 is 1.39 bits per heavy atom. The Kier molecular flexibility index (Phi) is 3.67. The molecule has 4 nitrogen and oxygen atoms in total. The number of nitrogen functional groups attached to an aromatic ring is 1. The van der Waals surface area contributed by atoms with Crippen LogP contribution < -0.4 is 10.6 Å². The van der Waals surface area contributed by atoms with Gasteiger partial charge in [0.05, 0.1) is 17.3 Å². The Labute approximate surface area is 107 Å². The highest BCUT2D eigenvalue weighted by atomic mass is 16.3. The Bertz CT molecular complexity index is 540. The minimum Gasteiger partial charge on any atom is -0.397 e. The maximum absolute atomic E-state index is 9.35. The van der Waals surface area contributed by atoms with Gasteiger partial charge in [0.2, 0.25) is 0 Å². The molecule has 0 spiro atoms. The molecule has 0 amide bonds. The molecule has 1 heterocycles. The molecule has 2 aromatic rings. The van der Waals surface area contributed by atoms with Gasteiger partial charge in [0.15, 0.2) is 0 Å². The Morgan fingerprint density at radius 2 is 2.17 bits per heavy atom. The first-order valence-corrected chi connectivity index (χ1v) is 6.12. The topological polar surface area (TPSA) is 62.4 Å². The summed E-state index contributed by atoms with van der Waals surface area (Å²) in [4.78, 5) is 6.44. The van der Waals surface area contributed by atoms with Crippen LogP contribution in [0.2, 0.25) is 0 Å². The van der Waals surface area contributed by atoms with Crippen LogP contribution in [0.5, 0.6) is 0 Å². The summed E-state index contributed by atoms with van der Waals surface area (Å²) in [6, 6.07) is 7.79. The van der Waals surface area contributed by atoms with E-state index in [1.165, 1.54) is 0 Å². The lowest BCUT2D eigenvalue weighted by atomic mass is 10.1. The predicted molar refractivity (Wildman–Crippen MR) is 75.7 cm³/mol. The minimum absolute atomic E-state index is 0.286. The van der Waals surface area contributed by atoms with Crippen molar-refractivity contribution in [3.8, 4) is 0 Å². The quantitative estimate of drug-likeness (QED) is 0.809. The second-order valence-electron chi connectivity index (χ2n) is 4.63. The summed E-state index contributed by atoms with van der Waals surface area (Å²) in [5, 5.41) is 10.4. The highest BCUT2D eigenvalue weighted by Gasteiger charge is 2.08. The van der Waals surface area contributed by atoms with Gasteiger partial charge < -0.3 is 15.7 Å². The van der Waals surface area contributed by atoms with Crippen LogP contribution in [0.15, 0.2) is 30.5 Å². The lowest BCUT2D eigenvalue weighted by Crippen LogP contribution is -2.22. The molecule has 0 aliphatic heterocycles. The van der Waals surface area contributed by atoms with Crippen molar-refractivity contribution in [2.45, 2.75) is 19.4 Å². The number of rotatable bonds is 4. The van der Waals surface area contributed by atoms with E-state index in [0.717, 1.165) is 29.6 Å². The van der Waals surface area contributed by atoms with Crippen LogP contribution in [0.1, 0.15) is 13.3 Å². The van der Waals surface area contributed by atoms with Crippen LogP contribution in [-0.4, -0.2) is 29.8 Å². The van der Waals surface area contributed by atoms with E-state index in [4.69, 9.17) is 5.73 Å². The highest BCUT2D eigenvalue weighted by molar-refractivity contribution is 5.97. The first-order valence-electron chi connectivity index (χ1n) is 6.12. The Morgan fingerprint density at radius 3 is 2.89 bits per heavy atom. The summed E-state index contributed by atoms with van der Waals surface area (Å²) in [5.74, 6) is 0. The van der Waals surface area contributed by atoms with Gasteiger partial charge in [-0.3, -0.25) is 4.98 Å². The van der Waals surface area contributed by atoms with E-state index in [2.05, 4.69) is 9.88 Å². The summed E-state index contributed by atoms with van der Waals surface area (Å²) < 4.78 is 0. The lowest BCUT2D eigenvalue weighted by Gasteiger charge is -2.21. The van der Waals surface area contributed by atoms with Crippen molar-refractivity contribution in [1.82, 2.24) is 4.98 Å². The monoisotopic (exact) mass is 245 g/mol. The normalized spacial score (nSPS) is 12.6. The van der Waals surface area contributed by atoms with E-state index in [0.29, 0.717) is 5.69 Å². The number of anilines is 2. The molecular formula is C14H19N3O. The zero-order valence-electron chi connectivity index (χ0n) is 10.8. The minimum atomic E-state index is -0.286. The van der Waals surface area contributed by atoms with Crippen molar-refractivity contribution in [2.75, 3.05) is 24.2 Å². The second-order valence-corrected chi connectivity index (χ2v) is 4.63. The van der Waals surface area contributed by atoms with Crippen molar-refractivity contribution in [3.63, 3.8) is 0 Å². The van der Waals surface area contributed by atoms with Crippen LogP contribution in [-0.2, 0) is 0 Å². The molecule has 1 aromatic heterocycles. The molecule has 0 bridgehead atoms. The first kappa shape index (κ1) is 12.6. The van der Waals surface area contributed by atoms with Crippen LogP contribution in [0.3, 0.4) is 0 Å². The van der Waals surface area contributed by atoms with Gasteiger partial charge in [0.1, 0.15) is 0 Å². The number of aliphatic hydroxyl groups excluding tert-OH is 1. The summed E-state index contributed by atoms with van der Waals surface area (Å²) in [6.07, 6.45) is 2.22. The molecule has 4 heteroatoms. The molecule has 3 N–H and O–H groups in total. The van der Waals surface area contributed by atoms with Crippen molar-refractivity contribution in [2.24, 2.45) is 0 Å². The van der Waals surface area contributed by atoms with Gasteiger partial charge >= 0.3 is 0 Å². The molecule has 1 aromatic carbocycles. The third kappa shape index (κ3) is 2.54. The molecular weight excluding hydrogens is 226 g/mol. The fourth-order valence-electron chi connectivity index (χ4n) is 2.02. The molecule has 0 radical (unpaired) electrons. The zero-order chi connectivity index (χ0) is 13.1. The van der Waals surface area contributed by atoms with Gasteiger partial charge in [0.25, 0.3) is 0 Å². The van der Waals surface area contributed by atoms with E-state index >= 15 is 0 Å². The molecule has 18 heavy (non-hydrogen) atoms. The maximum atomic E-state index is 9.35. The van der Waals surface area contributed by atoms with Crippen LogP contribution in [0, 0.1) is 0 Å². The smallest absolute Gasteiger partial charge is 0.0951 e. The molecule has 0 fully saturated rings. The summed E-state index contributed by atoms with van der Waals surface area (Å²) in [7, 11) is 2.01. The molecule has 0 aliphatic rings. The van der Waals surface area contributed by atoms with Crippen LogP contribution >= 0.6 is 0 Å². The fourth-order valence-corrected chi connectivity index (χ4v) is 2.02. The largest absolute Gasteiger partial charge is 0.397 e. The van der Waals surface area contributed by atoms with Crippen LogP contribution in [0.25, 0.3) is 10.9 Å². The number of pyridine rings is 1. The number of aromatic nitrogens is 1. The molecule has 0 aliphatic carbocycles. The number of aliphatic hydroxyl groups is 1. The predicted octanol–water partition coefficient (Wildman–Crippen LogP) is 2.02. The summed E-state index contributed by atoms with van der Waals surface area (Å²) in [5.41, 5.74) is 8.54. The number of nitrogens with two attached hydrogens (primary N) is 1. The molecule has 96 valence electrons. The zero-order valence-corrected chi connectivity index (χ0v) is 10.8. The number of hydrogen-bond donors (Lipinski definition) is 2. The van der Waals surface area contributed by atoms with Crippen molar-refractivity contribution in [1.29, 1.82) is 0 Å². The average molecular weight is 245 g/mol. The molecule has 1 atom stereocenters. The highest BCUT2D eigenvalue weighted by Crippen LogP contribution is 2.27. The number of benzene rings is 1. The number of fused-ring (bicyclic) bond motifs is 1. The number of nitrogens with zero attached hydrogens (tertiary/aromatic N) is 2. The van der Waals surface area contributed by atoms with Crippen molar-refractivity contribution in [3.05, 3.63) is 30.5 Å². The van der Waals surface area contributed by atoms with E-state index in [-0.39, 0.29) is 6.10 Å². The van der Waals surface area contributed by atoms with E-state index in [9.17, 15) is 5.11 Å². The summed E-state index contributed by atoms with van der Waals surface area (Å²) >= 11 is 0.